The molecule has 1 aliphatic heterocycles. The van der Waals surface area contributed by atoms with Gasteiger partial charge in [-0.05, 0) is 12.3 Å². The fraction of sp³-hybridized carbons (Fsp3) is 0.833. The first-order chi connectivity index (χ1) is 8.06. The molecule has 5 heteroatoms. The van der Waals surface area contributed by atoms with Crippen LogP contribution in [0.15, 0.2) is 0 Å². The van der Waals surface area contributed by atoms with E-state index in [0.717, 1.165) is 13.0 Å². The number of carbonyl (C=O) groups is 2. The second-order valence-electron chi connectivity index (χ2n) is 4.85. The molecule has 2 amide bonds. The number of likely N-dealkylation sites (N-methyl/N-ethyl adjacent to an activating group) is 1. The maximum absolute atomic E-state index is 12.1. The summed E-state index contributed by atoms with van der Waals surface area (Å²) >= 11 is 0. The number of piperazine rings is 1. The minimum absolute atomic E-state index is 0.0879. The van der Waals surface area contributed by atoms with Crippen molar-refractivity contribution in [2.75, 3.05) is 26.7 Å². The van der Waals surface area contributed by atoms with Gasteiger partial charge in [0.2, 0.25) is 11.8 Å². The molecule has 1 unspecified atom stereocenters. The lowest BCUT2D eigenvalue weighted by molar-refractivity contribution is -0.141. The van der Waals surface area contributed by atoms with E-state index in [9.17, 15) is 9.59 Å². The molecular weight excluding hydrogens is 218 g/mol. The van der Waals surface area contributed by atoms with Crippen molar-refractivity contribution in [3.63, 3.8) is 0 Å². The van der Waals surface area contributed by atoms with Gasteiger partial charge in [0.15, 0.2) is 0 Å². The van der Waals surface area contributed by atoms with Gasteiger partial charge in [-0.15, -0.1) is 0 Å². The minimum Gasteiger partial charge on any atom is -0.357 e. The van der Waals surface area contributed by atoms with E-state index in [2.05, 4.69) is 24.5 Å². The van der Waals surface area contributed by atoms with E-state index in [1.807, 2.05) is 0 Å². The van der Waals surface area contributed by atoms with Crippen molar-refractivity contribution in [1.82, 2.24) is 15.5 Å². The topological polar surface area (TPSA) is 61.4 Å². The van der Waals surface area contributed by atoms with Crippen LogP contribution in [-0.4, -0.2) is 49.4 Å². The Morgan fingerprint density at radius 2 is 2.18 bits per heavy atom. The summed E-state index contributed by atoms with van der Waals surface area (Å²) < 4.78 is 0. The Morgan fingerprint density at radius 1 is 1.47 bits per heavy atom. The lowest BCUT2D eigenvalue weighted by Gasteiger charge is -2.35. The van der Waals surface area contributed by atoms with Gasteiger partial charge in [-0.3, -0.25) is 9.59 Å². The van der Waals surface area contributed by atoms with Crippen LogP contribution in [0.25, 0.3) is 0 Å². The lowest BCUT2D eigenvalue weighted by atomic mass is 10.1. The average Bonchev–Trinajstić information content (AvgIpc) is 2.34. The Labute approximate surface area is 103 Å². The summed E-state index contributed by atoms with van der Waals surface area (Å²) in [5.41, 5.74) is 0. The van der Waals surface area contributed by atoms with Gasteiger partial charge in [-0.1, -0.05) is 13.8 Å². The number of rotatable bonds is 4. The molecule has 1 heterocycles. The predicted molar refractivity (Wildman–Crippen MR) is 66.5 cm³/mol. The number of hydrogen-bond donors (Lipinski definition) is 2. The van der Waals surface area contributed by atoms with Crippen molar-refractivity contribution in [3.05, 3.63) is 0 Å². The molecule has 98 valence electrons. The van der Waals surface area contributed by atoms with Crippen molar-refractivity contribution in [2.24, 2.45) is 5.92 Å². The van der Waals surface area contributed by atoms with Crippen LogP contribution in [0.3, 0.4) is 0 Å². The van der Waals surface area contributed by atoms with E-state index in [4.69, 9.17) is 0 Å². The van der Waals surface area contributed by atoms with Crippen molar-refractivity contribution < 1.29 is 9.59 Å². The highest BCUT2D eigenvalue weighted by molar-refractivity contribution is 5.88. The van der Waals surface area contributed by atoms with Gasteiger partial charge in [0.25, 0.3) is 0 Å². The smallest absolute Gasteiger partial charge is 0.243 e. The largest absolute Gasteiger partial charge is 0.357 e. The molecule has 0 aliphatic carbocycles. The van der Waals surface area contributed by atoms with Crippen LogP contribution in [0.2, 0.25) is 0 Å². The van der Waals surface area contributed by atoms with Crippen LogP contribution in [0.5, 0.6) is 0 Å². The van der Waals surface area contributed by atoms with Crippen LogP contribution < -0.4 is 10.6 Å². The third-order valence-corrected chi connectivity index (χ3v) is 3.05. The van der Waals surface area contributed by atoms with E-state index in [1.54, 1.807) is 11.9 Å². The molecule has 1 atom stereocenters. The fourth-order valence-corrected chi connectivity index (χ4v) is 1.96. The molecule has 1 rings (SSSR count). The maximum Gasteiger partial charge on any atom is 0.243 e. The molecule has 1 saturated heterocycles. The van der Waals surface area contributed by atoms with Crippen LogP contribution in [-0.2, 0) is 9.59 Å². The number of carbonyl (C=O) groups excluding carboxylic acids is 2. The van der Waals surface area contributed by atoms with Gasteiger partial charge in [0.1, 0.15) is 6.04 Å². The Kier molecular flexibility index (Phi) is 5.41. The Bertz CT molecular complexity index is 279. The van der Waals surface area contributed by atoms with Crippen molar-refractivity contribution in [1.29, 1.82) is 0 Å². The molecule has 0 aromatic heterocycles. The summed E-state index contributed by atoms with van der Waals surface area (Å²) in [7, 11) is 1.60. The van der Waals surface area contributed by atoms with Crippen molar-refractivity contribution in [2.45, 2.75) is 32.7 Å². The first-order valence-electron chi connectivity index (χ1n) is 6.28. The third-order valence-electron chi connectivity index (χ3n) is 3.05. The third kappa shape index (κ3) is 4.00. The normalized spacial score (nSPS) is 20.5. The zero-order chi connectivity index (χ0) is 12.8. The monoisotopic (exact) mass is 241 g/mol. The quantitative estimate of drug-likeness (QED) is 0.726. The molecule has 0 saturated carbocycles. The number of hydrogen-bond acceptors (Lipinski definition) is 3. The molecule has 17 heavy (non-hydrogen) atoms. The van der Waals surface area contributed by atoms with Crippen molar-refractivity contribution in [3.8, 4) is 0 Å². The summed E-state index contributed by atoms with van der Waals surface area (Å²) in [6, 6.07) is -0.353. The van der Waals surface area contributed by atoms with E-state index in [0.29, 0.717) is 25.4 Å². The first kappa shape index (κ1) is 14.0. The first-order valence-corrected chi connectivity index (χ1v) is 6.28. The fourth-order valence-electron chi connectivity index (χ4n) is 1.96. The molecule has 1 aliphatic rings. The maximum atomic E-state index is 12.1. The number of nitrogens with zero attached hydrogens (tertiary/aromatic N) is 1. The van der Waals surface area contributed by atoms with Crippen LogP contribution >= 0.6 is 0 Å². The molecule has 2 N–H and O–H groups in total. The molecule has 0 radical (unpaired) electrons. The summed E-state index contributed by atoms with van der Waals surface area (Å²) in [6.45, 7) is 6.13. The highest BCUT2D eigenvalue weighted by atomic mass is 16.2. The average molecular weight is 241 g/mol. The molecule has 0 bridgehead atoms. The number of nitrogens with one attached hydrogen (secondary N) is 2. The number of amides is 2. The van der Waals surface area contributed by atoms with Gasteiger partial charge < -0.3 is 15.5 Å². The van der Waals surface area contributed by atoms with Crippen LogP contribution in [0.1, 0.15) is 26.7 Å². The van der Waals surface area contributed by atoms with Gasteiger partial charge in [0.05, 0.1) is 0 Å². The minimum atomic E-state index is -0.353. The van der Waals surface area contributed by atoms with Crippen molar-refractivity contribution >= 4 is 11.8 Å². The van der Waals surface area contributed by atoms with Gasteiger partial charge in [0, 0.05) is 33.1 Å². The van der Waals surface area contributed by atoms with E-state index >= 15 is 0 Å². The second-order valence-corrected chi connectivity index (χ2v) is 4.85. The standard InChI is InChI=1S/C12H23N3O2/c1-9(2)4-5-11(16)15-7-6-14-8-10(15)12(17)13-3/h9-10,14H,4-8H2,1-3H3,(H,13,17). The summed E-state index contributed by atoms with van der Waals surface area (Å²) in [4.78, 5) is 25.4. The van der Waals surface area contributed by atoms with E-state index in [-0.39, 0.29) is 17.9 Å². The summed E-state index contributed by atoms with van der Waals surface area (Å²) in [6.07, 6.45) is 1.41. The molecule has 5 nitrogen and oxygen atoms in total. The Hall–Kier alpha value is -1.10. The van der Waals surface area contributed by atoms with Gasteiger partial charge in [-0.2, -0.15) is 0 Å². The van der Waals surface area contributed by atoms with Gasteiger partial charge in [-0.25, -0.2) is 0 Å². The second kappa shape index (κ2) is 6.59. The van der Waals surface area contributed by atoms with Crippen LogP contribution in [0, 0.1) is 5.92 Å². The highest BCUT2D eigenvalue weighted by Gasteiger charge is 2.30. The Morgan fingerprint density at radius 3 is 2.76 bits per heavy atom. The lowest BCUT2D eigenvalue weighted by Crippen LogP contribution is -2.59. The molecule has 0 aromatic rings. The van der Waals surface area contributed by atoms with Gasteiger partial charge >= 0.3 is 0 Å². The highest BCUT2D eigenvalue weighted by Crippen LogP contribution is 2.10. The SMILES string of the molecule is CNC(=O)C1CNCCN1C(=O)CCC(C)C. The zero-order valence-corrected chi connectivity index (χ0v) is 11.0. The molecular formula is C12H23N3O2. The van der Waals surface area contributed by atoms with Crippen LogP contribution in [0.4, 0.5) is 0 Å². The molecule has 0 spiro atoms. The molecule has 0 aromatic carbocycles. The summed E-state index contributed by atoms with van der Waals surface area (Å²) in [5, 5.41) is 5.76. The Balaban J connectivity index is 2.58. The van der Waals surface area contributed by atoms with E-state index in [1.165, 1.54) is 0 Å². The summed E-state index contributed by atoms with van der Waals surface area (Å²) in [5.74, 6) is 0.518. The predicted octanol–water partition coefficient (Wildman–Crippen LogP) is -0.0310. The van der Waals surface area contributed by atoms with E-state index < -0.39 is 0 Å². The molecule has 1 fully saturated rings. The zero-order valence-electron chi connectivity index (χ0n) is 11.0.